The van der Waals surface area contributed by atoms with E-state index in [0.717, 1.165) is 12.0 Å². The standard InChI is InChI=1S/C7H9N3OS/c1-11-12-7(8)10-6-4-2-3-5-9-6/h2-5H,1H3,(H2,8,9,10). The van der Waals surface area contributed by atoms with Crippen molar-refractivity contribution in [2.45, 2.75) is 0 Å². The molecule has 1 rings (SSSR count). The fraction of sp³-hybridized carbons (Fsp3) is 0.143. The van der Waals surface area contributed by atoms with Crippen LogP contribution in [0, 0.1) is 0 Å². The van der Waals surface area contributed by atoms with Crippen molar-refractivity contribution in [1.29, 1.82) is 0 Å². The summed E-state index contributed by atoms with van der Waals surface area (Å²) >= 11 is 1.01. The van der Waals surface area contributed by atoms with Crippen molar-refractivity contribution >= 4 is 23.0 Å². The van der Waals surface area contributed by atoms with Crippen LogP contribution in [0.15, 0.2) is 29.4 Å². The van der Waals surface area contributed by atoms with Crippen molar-refractivity contribution in [1.82, 2.24) is 4.98 Å². The first-order valence-electron chi connectivity index (χ1n) is 3.29. The summed E-state index contributed by atoms with van der Waals surface area (Å²) in [7, 11) is 1.53. The van der Waals surface area contributed by atoms with Gasteiger partial charge < -0.3 is 9.92 Å². The summed E-state index contributed by atoms with van der Waals surface area (Å²) in [6.45, 7) is 0. The molecule has 0 aliphatic rings. The van der Waals surface area contributed by atoms with Crippen molar-refractivity contribution in [3.63, 3.8) is 0 Å². The Balaban J connectivity index is 2.67. The molecule has 64 valence electrons. The molecule has 0 bridgehead atoms. The Morgan fingerprint density at radius 3 is 3.08 bits per heavy atom. The highest BCUT2D eigenvalue weighted by Crippen LogP contribution is 2.08. The fourth-order valence-electron chi connectivity index (χ4n) is 0.637. The van der Waals surface area contributed by atoms with Crippen LogP contribution in [0.25, 0.3) is 0 Å². The summed E-state index contributed by atoms with van der Waals surface area (Å²) in [6, 6.07) is 5.43. The van der Waals surface area contributed by atoms with Crippen LogP contribution >= 0.6 is 12.0 Å². The molecule has 0 atom stereocenters. The number of aliphatic imine (C=N–C) groups is 1. The summed E-state index contributed by atoms with van der Waals surface area (Å²) in [5.41, 5.74) is 5.46. The number of pyridine rings is 1. The minimum absolute atomic E-state index is 0.344. The predicted molar refractivity (Wildman–Crippen MR) is 50.1 cm³/mol. The van der Waals surface area contributed by atoms with Gasteiger partial charge in [-0.15, -0.1) is 0 Å². The zero-order valence-electron chi connectivity index (χ0n) is 6.60. The van der Waals surface area contributed by atoms with E-state index in [1.807, 2.05) is 12.1 Å². The molecule has 1 aromatic rings. The average molecular weight is 183 g/mol. The summed E-state index contributed by atoms with van der Waals surface area (Å²) in [5.74, 6) is 0.583. The Hall–Kier alpha value is -1.07. The topological polar surface area (TPSA) is 60.5 Å². The molecule has 0 saturated heterocycles. The molecule has 0 aliphatic carbocycles. The van der Waals surface area contributed by atoms with E-state index in [1.165, 1.54) is 7.11 Å². The van der Waals surface area contributed by atoms with Gasteiger partial charge in [0.15, 0.2) is 11.0 Å². The van der Waals surface area contributed by atoms with E-state index in [0.29, 0.717) is 11.0 Å². The summed E-state index contributed by atoms with van der Waals surface area (Å²) in [4.78, 5) is 7.93. The van der Waals surface area contributed by atoms with Crippen LogP contribution in [0.1, 0.15) is 0 Å². The van der Waals surface area contributed by atoms with Gasteiger partial charge in [0, 0.05) is 6.20 Å². The van der Waals surface area contributed by atoms with Crippen molar-refractivity contribution in [3.8, 4) is 0 Å². The maximum absolute atomic E-state index is 5.46. The fourth-order valence-corrected chi connectivity index (χ4v) is 0.938. The van der Waals surface area contributed by atoms with Crippen LogP contribution in [0.4, 0.5) is 5.82 Å². The molecule has 0 unspecified atom stereocenters. The molecule has 0 amide bonds. The number of hydrogen-bond donors (Lipinski definition) is 1. The molecule has 0 fully saturated rings. The van der Waals surface area contributed by atoms with Crippen molar-refractivity contribution in [3.05, 3.63) is 24.4 Å². The lowest BCUT2D eigenvalue weighted by Crippen LogP contribution is -2.05. The van der Waals surface area contributed by atoms with E-state index in [1.54, 1.807) is 12.3 Å². The zero-order chi connectivity index (χ0) is 8.81. The Kier molecular flexibility index (Phi) is 3.56. The monoisotopic (exact) mass is 183 g/mol. The van der Waals surface area contributed by atoms with E-state index >= 15 is 0 Å². The SMILES string of the molecule is COSC(N)=Nc1ccccn1. The Labute approximate surface area is 75.1 Å². The lowest BCUT2D eigenvalue weighted by atomic mass is 10.5. The summed E-state index contributed by atoms with van der Waals surface area (Å²) < 4.78 is 4.71. The maximum Gasteiger partial charge on any atom is 0.188 e. The van der Waals surface area contributed by atoms with Gasteiger partial charge in [0.1, 0.15) is 0 Å². The molecule has 0 aromatic carbocycles. The minimum atomic E-state index is 0.344. The second-order valence-electron chi connectivity index (χ2n) is 1.89. The second kappa shape index (κ2) is 4.74. The first-order valence-corrected chi connectivity index (χ1v) is 4.03. The smallest absolute Gasteiger partial charge is 0.188 e. The number of nitrogens with two attached hydrogens (primary N) is 1. The molecule has 4 nitrogen and oxygen atoms in total. The normalized spacial score (nSPS) is 11.6. The summed E-state index contributed by atoms with van der Waals surface area (Å²) in [6.07, 6.45) is 1.66. The predicted octanol–water partition coefficient (Wildman–Crippen LogP) is 1.32. The molecule has 1 aromatic heterocycles. The number of rotatable bonds is 2. The highest BCUT2D eigenvalue weighted by Gasteiger charge is 1.93. The third-order valence-electron chi connectivity index (χ3n) is 1.04. The Morgan fingerprint density at radius 1 is 1.67 bits per heavy atom. The van der Waals surface area contributed by atoms with Gasteiger partial charge in [-0.25, -0.2) is 9.98 Å². The van der Waals surface area contributed by atoms with Crippen LogP contribution in [0.3, 0.4) is 0 Å². The highest BCUT2D eigenvalue weighted by molar-refractivity contribution is 8.09. The molecule has 0 spiro atoms. The van der Waals surface area contributed by atoms with Crippen LogP contribution < -0.4 is 5.73 Å². The molecular weight excluding hydrogens is 174 g/mol. The molecule has 2 N–H and O–H groups in total. The van der Waals surface area contributed by atoms with Gasteiger partial charge in [0.25, 0.3) is 0 Å². The first-order chi connectivity index (χ1) is 5.83. The van der Waals surface area contributed by atoms with Gasteiger partial charge in [-0.3, -0.25) is 0 Å². The summed E-state index contributed by atoms with van der Waals surface area (Å²) in [5, 5.41) is 0.344. The van der Waals surface area contributed by atoms with Crippen molar-refractivity contribution in [2.24, 2.45) is 10.7 Å². The van der Waals surface area contributed by atoms with Crippen molar-refractivity contribution in [2.75, 3.05) is 7.11 Å². The van der Waals surface area contributed by atoms with E-state index in [2.05, 4.69) is 9.98 Å². The quantitative estimate of drug-likeness (QED) is 0.427. The van der Waals surface area contributed by atoms with Crippen molar-refractivity contribution < 1.29 is 4.18 Å². The lowest BCUT2D eigenvalue weighted by molar-refractivity contribution is 0.496. The second-order valence-corrected chi connectivity index (χ2v) is 2.81. The molecule has 0 aliphatic heterocycles. The molecule has 12 heavy (non-hydrogen) atoms. The van der Waals surface area contributed by atoms with Gasteiger partial charge >= 0.3 is 0 Å². The minimum Gasteiger partial charge on any atom is -0.376 e. The van der Waals surface area contributed by atoms with Gasteiger partial charge in [-0.1, -0.05) is 6.07 Å². The number of aromatic nitrogens is 1. The van der Waals surface area contributed by atoms with E-state index in [9.17, 15) is 0 Å². The number of hydrogen-bond acceptors (Lipinski definition) is 4. The molecule has 0 radical (unpaired) electrons. The Bertz CT molecular complexity index is 263. The zero-order valence-corrected chi connectivity index (χ0v) is 7.41. The third kappa shape index (κ3) is 2.89. The first kappa shape index (κ1) is 9.02. The van der Waals surface area contributed by atoms with E-state index in [-0.39, 0.29) is 0 Å². The third-order valence-corrected chi connectivity index (χ3v) is 1.47. The maximum atomic E-state index is 5.46. The van der Waals surface area contributed by atoms with Gasteiger partial charge in [0.05, 0.1) is 19.2 Å². The van der Waals surface area contributed by atoms with Crippen LogP contribution in [-0.4, -0.2) is 17.3 Å². The van der Waals surface area contributed by atoms with Gasteiger partial charge in [-0.05, 0) is 12.1 Å². The van der Waals surface area contributed by atoms with Gasteiger partial charge in [-0.2, -0.15) is 0 Å². The molecule has 5 heteroatoms. The lowest BCUT2D eigenvalue weighted by Gasteiger charge is -1.95. The molecule has 1 heterocycles. The van der Waals surface area contributed by atoms with Crippen LogP contribution in [0.2, 0.25) is 0 Å². The Morgan fingerprint density at radius 2 is 2.50 bits per heavy atom. The highest BCUT2D eigenvalue weighted by atomic mass is 32.2. The van der Waals surface area contributed by atoms with Crippen LogP contribution in [-0.2, 0) is 4.18 Å². The van der Waals surface area contributed by atoms with E-state index in [4.69, 9.17) is 9.92 Å². The number of amidine groups is 1. The number of nitrogens with zero attached hydrogens (tertiary/aromatic N) is 2. The molecule has 0 saturated carbocycles. The van der Waals surface area contributed by atoms with E-state index < -0.39 is 0 Å². The van der Waals surface area contributed by atoms with Crippen LogP contribution in [0.5, 0.6) is 0 Å². The van der Waals surface area contributed by atoms with Gasteiger partial charge in [0.2, 0.25) is 0 Å². The average Bonchev–Trinajstić information content (AvgIpc) is 2.06. The largest absolute Gasteiger partial charge is 0.376 e. The molecular formula is C7H9N3OS.